The Bertz CT molecular complexity index is 1570. The normalized spacial score (nSPS) is 18.5. The lowest BCUT2D eigenvalue weighted by molar-refractivity contribution is -0.125. The molecule has 3 N–H and O–H groups in total. The third-order valence-corrected chi connectivity index (χ3v) is 8.41. The predicted octanol–water partition coefficient (Wildman–Crippen LogP) is 6.94. The maximum absolute atomic E-state index is 17.2. The van der Waals surface area contributed by atoms with E-state index in [1.165, 1.54) is 0 Å². The van der Waals surface area contributed by atoms with Gasteiger partial charge in [-0.15, -0.1) is 0 Å². The number of unbranched alkanes of at least 4 members (excludes halogenated alkanes) is 1. The van der Waals surface area contributed by atoms with Gasteiger partial charge in [0, 0.05) is 29.8 Å². The van der Waals surface area contributed by atoms with Crippen LogP contribution in [-0.2, 0) is 17.6 Å². The minimum Gasteiger partial charge on any atom is -0.508 e. The topological polar surface area (TPSA) is 85.2 Å². The van der Waals surface area contributed by atoms with E-state index in [0.29, 0.717) is 74.0 Å². The Balaban J connectivity index is 1.86. The van der Waals surface area contributed by atoms with E-state index in [4.69, 9.17) is 0 Å². The Morgan fingerprint density at radius 2 is 1.98 bits per heavy atom. The quantitative estimate of drug-likeness (QED) is 0.258. The number of carbonyl (C=O) groups excluding carboxylic acids is 1. The number of hydrogen-bond acceptors (Lipinski definition) is 4. The third-order valence-electron chi connectivity index (χ3n) is 8.41. The molecule has 3 aromatic rings. The van der Waals surface area contributed by atoms with E-state index in [2.05, 4.69) is 29.3 Å². The van der Waals surface area contributed by atoms with Crippen molar-refractivity contribution in [3.05, 3.63) is 82.8 Å². The molecule has 1 fully saturated rings. The highest BCUT2D eigenvalue weighted by Gasteiger charge is 2.51. The van der Waals surface area contributed by atoms with Crippen LogP contribution in [0.15, 0.2) is 60.3 Å². The summed E-state index contributed by atoms with van der Waals surface area (Å²) in [7, 11) is 0. The molecule has 1 amide bonds. The number of aryl methyl sites for hydroxylation is 1. The van der Waals surface area contributed by atoms with E-state index in [0.717, 1.165) is 39.5 Å². The number of hydrogen-bond donors (Lipinski definition) is 3. The van der Waals surface area contributed by atoms with Crippen LogP contribution >= 0.6 is 0 Å². The van der Waals surface area contributed by atoms with E-state index in [9.17, 15) is 15.2 Å². The van der Waals surface area contributed by atoms with Gasteiger partial charge >= 0.3 is 0 Å². The Morgan fingerprint density at radius 3 is 2.67 bits per heavy atom. The van der Waals surface area contributed by atoms with Crippen molar-refractivity contribution in [1.29, 1.82) is 5.26 Å². The molecule has 0 aromatic heterocycles. The molecule has 2 heterocycles. The van der Waals surface area contributed by atoms with Gasteiger partial charge < -0.3 is 15.7 Å². The van der Waals surface area contributed by atoms with Crippen LogP contribution in [0.1, 0.15) is 62.6 Å². The molecule has 1 unspecified atom stereocenters. The number of phenolic OH excluding ortho intramolecular Hbond substituents is 1. The molecule has 3 aromatic carbocycles. The molecular formula is C34H36FN3O2. The lowest BCUT2D eigenvalue weighted by Crippen LogP contribution is -2.36. The monoisotopic (exact) mass is 537 g/mol. The summed E-state index contributed by atoms with van der Waals surface area (Å²) in [5, 5.41) is 28.1. The van der Waals surface area contributed by atoms with Crippen LogP contribution in [0, 0.1) is 22.6 Å². The molecule has 5 rings (SSSR count). The van der Waals surface area contributed by atoms with Gasteiger partial charge in [-0.05, 0) is 89.4 Å². The fourth-order valence-electron chi connectivity index (χ4n) is 6.39. The smallest absolute Gasteiger partial charge is 0.236 e. The lowest BCUT2D eigenvalue weighted by atomic mass is 9.73. The number of fused-ring (bicyclic) bond motifs is 1. The lowest BCUT2D eigenvalue weighted by Gasteiger charge is -2.28. The summed E-state index contributed by atoms with van der Waals surface area (Å²) in [4.78, 5) is 13.5. The minimum atomic E-state index is -0.786. The summed E-state index contributed by atoms with van der Waals surface area (Å²) in [6, 6.07) is 15.3. The highest BCUT2D eigenvalue weighted by molar-refractivity contribution is 6.06. The molecule has 0 bridgehead atoms. The average Bonchev–Trinajstić information content (AvgIpc) is 3.55. The molecular weight excluding hydrogens is 501 g/mol. The number of nitriles is 1. The number of phenols is 1. The van der Waals surface area contributed by atoms with Gasteiger partial charge in [-0.25, -0.2) is 4.39 Å². The van der Waals surface area contributed by atoms with Crippen molar-refractivity contribution in [2.75, 3.05) is 13.1 Å². The highest BCUT2D eigenvalue weighted by Crippen LogP contribution is 2.50. The molecule has 206 valence electrons. The van der Waals surface area contributed by atoms with Gasteiger partial charge in [0.1, 0.15) is 11.6 Å². The van der Waals surface area contributed by atoms with E-state index < -0.39 is 5.41 Å². The van der Waals surface area contributed by atoms with Crippen LogP contribution in [0.5, 0.6) is 5.75 Å². The predicted molar refractivity (Wildman–Crippen MR) is 158 cm³/mol. The van der Waals surface area contributed by atoms with Crippen molar-refractivity contribution in [1.82, 2.24) is 10.6 Å². The van der Waals surface area contributed by atoms with Crippen molar-refractivity contribution in [2.24, 2.45) is 5.41 Å². The molecule has 2 aliphatic heterocycles. The number of nitrogens with one attached hydrogen (secondary N) is 2. The Hall–Kier alpha value is -3.95. The van der Waals surface area contributed by atoms with Gasteiger partial charge in [-0.3, -0.25) is 4.79 Å². The molecule has 1 atom stereocenters. The second-order valence-corrected chi connectivity index (χ2v) is 10.9. The van der Waals surface area contributed by atoms with Crippen molar-refractivity contribution in [3.8, 4) is 22.9 Å². The number of nitrogens with zero attached hydrogens (tertiary/aromatic N) is 1. The van der Waals surface area contributed by atoms with Gasteiger partial charge in [0.2, 0.25) is 5.91 Å². The van der Waals surface area contributed by atoms with Gasteiger partial charge in [-0.1, -0.05) is 57.2 Å². The maximum atomic E-state index is 17.2. The summed E-state index contributed by atoms with van der Waals surface area (Å²) in [6.07, 6.45) is 3.93. The van der Waals surface area contributed by atoms with Crippen LogP contribution in [0.3, 0.4) is 0 Å². The van der Waals surface area contributed by atoms with Crippen LogP contribution in [0.25, 0.3) is 27.5 Å². The van der Waals surface area contributed by atoms with Gasteiger partial charge in [0.15, 0.2) is 0 Å². The molecule has 40 heavy (non-hydrogen) atoms. The van der Waals surface area contributed by atoms with Gasteiger partial charge in [0.05, 0.1) is 11.5 Å². The molecule has 6 heteroatoms. The molecule has 0 aliphatic carbocycles. The molecule has 0 saturated carbocycles. The number of halogens is 1. The van der Waals surface area contributed by atoms with E-state index in [1.54, 1.807) is 12.1 Å². The van der Waals surface area contributed by atoms with Crippen molar-refractivity contribution in [2.45, 2.75) is 58.8 Å². The van der Waals surface area contributed by atoms with Crippen molar-refractivity contribution in [3.63, 3.8) is 0 Å². The Kier molecular flexibility index (Phi) is 7.78. The van der Waals surface area contributed by atoms with Crippen LogP contribution in [0.4, 0.5) is 4.39 Å². The first-order valence-corrected chi connectivity index (χ1v) is 14.2. The summed E-state index contributed by atoms with van der Waals surface area (Å²) in [5.74, 6) is -0.312. The highest BCUT2D eigenvalue weighted by atomic mass is 19.1. The SMILES string of the molecule is C=C(CC)C1=C(c2cc(CCCC#N)c(-c3cc(O)cc4ccccc34)c(F)c2CCC)C2(CCNC2)C(=O)N1. The van der Waals surface area contributed by atoms with E-state index >= 15 is 4.39 Å². The molecule has 0 radical (unpaired) electrons. The van der Waals surface area contributed by atoms with Crippen molar-refractivity contribution < 1.29 is 14.3 Å². The largest absolute Gasteiger partial charge is 0.508 e. The standard InChI is InChI=1S/C34H36FN3O2/c1-4-10-26-28(30-32(21(3)5-2)38-33(40)34(30)14-16-37-20-34)18-23(12-8-9-15-36)29(31(26)35)27-19-24(39)17-22-11-6-7-13-25(22)27/h6-7,11,13,17-19,37,39H,3-5,8-10,12,14,16,20H2,1-2H3,(H,38,40). The first-order valence-electron chi connectivity index (χ1n) is 14.2. The minimum absolute atomic E-state index is 0.0611. The molecule has 2 aliphatic rings. The molecule has 5 nitrogen and oxygen atoms in total. The number of benzene rings is 3. The zero-order chi connectivity index (χ0) is 28.4. The van der Waals surface area contributed by atoms with Crippen LogP contribution in [0.2, 0.25) is 0 Å². The summed E-state index contributed by atoms with van der Waals surface area (Å²) in [6.45, 7) is 9.49. The second-order valence-electron chi connectivity index (χ2n) is 10.9. The Labute approximate surface area is 235 Å². The first-order chi connectivity index (χ1) is 19.4. The zero-order valence-electron chi connectivity index (χ0n) is 23.3. The average molecular weight is 538 g/mol. The first kappa shape index (κ1) is 27.6. The van der Waals surface area contributed by atoms with Crippen LogP contribution < -0.4 is 10.6 Å². The van der Waals surface area contributed by atoms with Gasteiger partial charge in [-0.2, -0.15) is 5.26 Å². The van der Waals surface area contributed by atoms with Crippen molar-refractivity contribution >= 4 is 22.3 Å². The maximum Gasteiger partial charge on any atom is 0.236 e. The summed E-state index contributed by atoms with van der Waals surface area (Å²) < 4.78 is 17.2. The third kappa shape index (κ3) is 4.59. The van der Waals surface area contributed by atoms with E-state index in [1.807, 2.05) is 38.1 Å². The molecule has 1 saturated heterocycles. The fraction of sp³-hybridized carbons (Fsp3) is 0.353. The zero-order valence-corrected chi connectivity index (χ0v) is 23.3. The Morgan fingerprint density at radius 1 is 1.18 bits per heavy atom. The van der Waals surface area contributed by atoms with Gasteiger partial charge in [0.25, 0.3) is 0 Å². The number of aromatic hydroxyl groups is 1. The van der Waals surface area contributed by atoms with E-state index in [-0.39, 0.29) is 17.5 Å². The number of allylic oxidation sites excluding steroid dienone is 1. The summed E-state index contributed by atoms with van der Waals surface area (Å²) >= 11 is 0. The number of carbonyl (C=O) groups is 1. The molecule has 1 spiro atoms. The number of rotatable bonds is 9. The fourth-order valence-corrected chi connectivity index (χ4v) is 6.39. The number of amides is 1. The van der Waals surface area contributed by atoms with Crippen LogP contribution in [-0.4, -0.2) is 24.1 Å². The second kappa shape index (κ2) is 11.3. The summed E-state index contributed by atoms with van der Waals surface area (Å²) in [5.41, 5.74) is 4.79.